The Bertz CT molecular complexity index is 331. The molecule has 96 valence electrons. The number of nitrogens with one attached hydrogen (secondary N) is 1. The van der Waals surface area contributed by atoms with Crippen molar-refractivity contribution in [1.29, 1.82) is 0 Å². The Morgan fingerprint density at radius 3 is 2.47 bits per heavy atom. The molecule has 1 unspecified atom stereocenters. The van der Waals surface area contributed by atoms with E-state index in [2.05, 4.69) is 69.3 Å². The lowest BCUT2D eigenvalue weighted by Crippen LogP contribution is -2.24. The van der Waals surface area contributed by atoms with E-state index in [0.29, 0.717) is 12.0 Å². The molecule has 2 nitrogen and oxygen atoms in total. The van der Waals surface area contributed by atoms with Crippen molar-refractivity contribution in [3.8, 4) is 0 Å². The fourth-order valence-corrected chi connectivity index (χ4v) is 2.08. The maximum absolute atomic E-state index is 3.62. The molecule has 0 saturated carbocycles. The van der Waals surface area contributed by atoms with Crippen LogP contribution in [0.1, 0.15) is 32.8 Å². The molecule has 0 bridgehead atoms. The molecule has 1 aromatic rings. The van der Waals surface area contributed by atoms with E-state index < -0.39 is 0 Å². The molecule has 0 radical (unpaired) electrons. The van der Waals surface area contributed by atoms with E-state index in [0.717, 1.165) is 13.0 Å². The Balaban J connectivity index is 2.70. The molecule has 0 aliphatic heterocycles. The first-order chi connectivity index (χ1) is 8.02. The average Bonchev–Trinajstić information content (AvgIpc) is 2.25. The van der Waals surface area contributed by atoms with Gasteiger partial charge >= 0.3 is 0 Å². The van der Waals surface area contributed by atoms with Crippen LogP contribution in [0.2, 0.25) is 0 Å². The van der Waals surface area contributed by atoms with Gasteiger partial charge in [0.25, 0.3) is 0 Å². The minimum absolute atomic E-state index is 0.560. The van der Waals surface area contributed by atoms with Gasteiger partial charge in [0.1, 0.15) is 0 Å². The molecule has 1 atom stereocenters. The van der Waals surface area contributed by atoms with Crippen molar-refractivity contribution in [3.63, 3.8) is 0 Å². The SMILES string of the molecule is CCC(Nc1cccc(CN(C)C)c1)C(C)C. The van der Waals surface area contributed by atoms with E-state index >= 15 is 0 Å². The molecule has 1 rings (SSSR count). The second-order valence-electron chi connectivity index (χ2n) is 5.34. The third-order valence-electron chi connectivity index (χ3n) is 3.02. The maximum Gasteiger partial charge on any atom is 0.0345 e. The van der Waals surface area contributed by atoms with Crippen LogP contribution in [-0.2, 0) is 6.54 Å². The molecule has 0 amide bonds. The molecule has 0 spiro atoms. The van der Waals surface area contributed by atoms with Crippen LogP contribution in [0.15, 0.2) is 24.3 Å². The molecule has 0 heterocycles. The van der Waals surface area contributed by atoms with Crippen molar-refractivity contribution in [2.24, 2.45) is 5.92 Å². The highest BCUT2D eigenvalue weighted by molar-refractivity contribution is 5.46. The summed E-state index contributed by atoms with van der Waals surface area (Å²) in [6.45, 7) is 7.77. The zero-order valence-electron chi connectivity index (χ0n) is 11.8. The van der Waals surface area contributed by atoms with Crippen LogP contribution in [0.4, 0.5) is 5.69 Å². The molecule has 0 aliphatic rings. The first kappa shape index (κ1) is 14.0. The monoisotopic (exact) mass is 234 g/mol. The summed E-state index contributed by atoms with van der Waals surface area (Å²) in [4.78, 5) is 2.19. The number of rotatable bonds is 6. The predicted octanol–water partition coefficient (Wildman–Crippen LogP) is 3.59. The summed E-state index contributed by atoms with van der Waals surface area (Å²) in [5.74, 6) is 0.664. The second kappa shape index (κ2) is 6.65. The van der Waals surface area contributed by atoms with E-state index in [1.807, 2.05) is 0 Å². The third kappa shape index (κ3) is 4.78. The van der Waals surface area contributed by atoms with Crippen LogP contribution in [0.3, 0.4) is 0 Å². The lowest BCUT2D eigenvalue weighted by Gasteiger charge is -2.22. The van der Waals surface area contributed by atoms with E-state index in [1.54, 1.807) is 0 Å². The minimum atomic E-state index is 0.560. The van der Waals surface area contributed by atoms with Gasteiger partial charge in [0.2, 0.25) is 0 Å². The van der Waals surface area contributed by atoms with Crippen LogP contribution >= 0.6 is 0 Å². The van der Waals surface area contributed by atoms with Crippen molar-refractivity contribution in [2.75, 3.05) is 19.4 Å². The lowest BCUT2D eigenvalue weighted by atomic mass is 10.0. The zero-order valence-corrected chi connectivity index (χ0v) is 11.8. The quantitative estimate of drug-likeness (QED) is 0.809. The fourth-order valence-electron chi connectivity index (χ4n) is 2.08. The summed E-state index contributed by atoms with van der Waals surface area (Å²) in [6, 6.07) is 9.29. The molecule has 0 aromatic heterocycles. The lowest BCUT2D eigenvalue weighted by molar-refractivity contribution is 0.402. The molecule has 0 aliphatic carbocycles. The van der Waals surface area contributed by atoms with Crippen LogP contribution in [0.25, 0.3) is 0 Å². The standard InChI is InChI=1S/C15H26N2/c1-6-15(12(2)3)16-14-9-7-8-13(10-14)11-17(4)5/h7-10,12,15-16H,6,11H2,1-5H3. The summed E-state index contributed by atoms with van der Waals surface area (Å²) >= 11 is 0. The summed E-state index contributed by atoms with van der Waals surface area (Å²) in [5.41, 5.74) is 2.60. The Morgan fingerprint density at radius 2 is 1.94 bits per heavy atom. The van der Waals surface area contributed by atoms with Gasteiger partial charge in [-0.15, -0.1) is 0 Å². The van der Waals surface area contributed by atoms with Gasteiger partial charge in [-0.05, 0) is 44.1 Å². The van der Waals surface area contributed by atoms with Crippen LogP contribution < -0.4 is 5.32 Å². The number of benzene rings is 1. The highest BCUT2D eigenvalue weighted by Crippen LogP contribution is 2.17. The Morgan fingerprint density at radius 1 is 1.24 bits per heavy atom. The maximum atomic E-state index is 3.62. The van der Waals surface area contributed by atoms with Gasteiger partial charge in [0, 0.05) is 18.3 Å². The van der Waals surface area contributed by atoms with Gasteiger partial charge < -0.3 is 10.2 Å². The van der Waals surface area contributed by atoms with Crippen LogP contribution in [0.5, 0.6) is 0 Å². The van der Waals surface area contributed by atoms with Crippen molar-refractivity contribution in [2.45, 2.75) is 39.8 Å². The molecular weight excluding hydrogens is 208 g/mol. The number of nitrogens with zero attached hydrogens (tertiary/aromatic N) is 1. The Labute approximate surface area is 106 Å². The van der Waals surface area contributed by atoms with Crippen molar-refractivity contribution in [1.82, 2.24) is 4.90 Å². The van der Waals surface area contributed by atoms with E-state index in [9.17, 15) is 0 Å². The number of anilines is 1. The van der Waals surface area contributed by atoms with Gasteiger partial charge in [-0.2, -0.15) is 0 Å². The van der Waals surface area contributed by atoms with Gasteiger partial charge in [0.05, 0.1) is 0 Å². The van der Waals surface area contributed by atoms with Crippen molar-refractivity contribution in [3.05, 3.63) is 29.8 Å². The van der Waals surface area contributed by atoms with Gasteiger partial charge in [-0.1, -0.05) is 32.9 Å². The first-order valence-corrected chi connectivity index (χ1v) is 6.53. The molecule has 0 fully saturated rings. The third-order valence-corrected chi connectivity index (χ3v) is 3.02. The van der Waals surface area contributed by atoms with Crippen LogP contribution in [0, 0.1) is 5.92 Å². The topological polar surface area (TPSA) is 15.3 Å². The van der Waals surface area contributed by atoms with E-state index in [-0.39, 0.29) is 0 Å². The predicted molar refractivity (Wildman–Crippen MR) is 76.4 cm³/mol. The first-order valence-electron chi connectivity index (χ1n) is 6.53. The Kier molecular flexibility index (Phi) is 5.49. The van der Waals surface area contributed by atoms with Crippen molar-refractivity contribution < 1.29 is 0 Å². The minimum Gasteiger partial charge on any atom is -0.382 e. The van der Waals surface area contributed by atoms with Crippen LogP contribution in [-0.4, -0.2) is 25.0 Å². The summed E-state index contributed by atoms with van der Waals surface area (Å²) < 4.78 is 0. The molecule has 17 heavy (non-hydrogen) atoms. The fraction of sp³-hybridized carbons (Fsp3) is 0.600. The number of hydrogen-bond donors (Lipinski definition) is 1. The van der Waals surface area contributed by atoms with E-state index in [1.165, 1.54) is 11.3 Å². The summed E-state index contributed by atoms with van der Waals surface area (Å²) in [5, 5.41) is 3.62. The highest BCUT2D eigenvalue weighted by Gasteiger charge is 2.10. The second-order valence-corrected chi connectivity index (χ2v) is 5.34. The zero-order chi connectivity index (χ0) is 12.8. The molecule has 1 aromatic carbocycles. The largest absolute Gasteiger partial charge is 0.382 e. The van der Waals surface area contributed by atoms with Gasteiger partial charge in [-0.3, -0.25) is 0 Å². The molecule has 1 N–H and O–H groups in total. The molecule has 2 heteroatoms. The van der Waals surface area contributed by atoms with Gasteiger partial charge in [-0.25, -0.2) is 0 Å². The number of hydrogen-bond acceptors (Lipinski definition) is 2. The Hall–Kier alpha value is -1.02. The molecular formula is C15H26N2. The molecule has 0 saturated heterocycles. The average molecular weight is 234 g/mol. The van der Waals surface area contributed by atoms with Gasteiger partial charge in [0.15, 0.2) is 0 Å². The normalized spacial score (nSPS) is 13.1. The summed E-state index contributed by atoms with van der Waals surface area (Å²) in [6.07, 6.45) is 1.16. The van der Waals surface area contributed by atoms with Crippen molar-refractivity contribution >= 4 is 5.69 Å². The summed E-state index contributed by atoms with van der Waals surface area (Å²) in [7, 11) is 4.20. The smallest absolute Gasteiger partial charge is 0.0345 e. The highest BCUT2D eigenvalue weighted by atomic mass is 15.0. The van der Waals surface area contributed by atoms with E-state index in [4.69, 9.17) is 0 Å².